The van der Waals surface area contributed by atoms with Crippen LogP contribution in [0.5, 0.6) is 0 Å². The van der Waals surface area contributed by atoms with Gasteiger partial charge in [0.15, 0.2) is 0 Å². The van der Waals surface area contributed by atoms with Gasteiger partial charge in [0.25, 0.3) is 5.91 Å². The molecule has 1 amide bonds. The lowest BCUT2D eigenvalue weighted by Gasteiger charge is -2.12. The van der Waals surface area contributed by atoms with E-state index in [1.54, 1.807) is 0 Å². The predicted molar refractivity (Wildman–Crippen MR) is 83.0 cm³/mol. The maximum absolute atomic E-state index is 12.3. The highest BCUT2D eigenvalue weighted by molar-refractivity contribution is 5.95. The highest BCUT2D eigenvalue weighted by Gasteiger charge is 2.15. The summed E-state index contributed by atoms with van der Waals surface area (Å²) in [6.45, 7) is 1.70. The molecule has 1 fully saturated rings. The SMILES string of the molecule is CNCCc1ccccc1C(=O)NCCC1CCCC1. The van der Waals surface area contributed by atoms with Crippen molar-refractivity contribution in [1.29, 1.82) is 0 Å². The summed E-state index contributed by atoms with van der Waals surface area (Å²) >= 11 is 0. The lowest BCUT2D eigenvalue weighted by molar-refractivity contribution is 0.0950. The van der Waals surface area contributed by atoms with Crippen LogP contribution in [0.15, 0.2) is 24.3 Å². The van der Waals surface area contributed by atoms with Gasteiger partial charge in [-0.15, -0.1) is 0 Å². The van der Waals surface area contributed by atoms with E-state index in [2.05, 4.69) is 10.6 Å². The van der Waals surface area contributed by atoms with Crippen LogP contribution in [0.2, 0.25) is 0 Å². The Bertz CT molecular complexity index is 425. The Hall–Kier alpha value is -1.35. The fourth-order valence-electron chi connectivity index (χ4n) is 3.00. The minimum Gasteiger partial charge on any atom is -0.352 e. The monoisotopic (exact) mass is 274 g/mol. The Balaban J connectivity index is 1.84. The molecule has 1 saturated carbocycles. The van der Waals surface area contributed by atoms with E-state index in [0.29, 0.717) is 0 Å². The van der Waals surface area contributed by atoms with Crippen molar-refractivity contribution in [3.05, 3.63) is 35.4 Å². The highest BCUT2D eigenvalue weighted by atomic mass is 16.1. The number of benzene rings is 1. The van der Waals surface area contributed by atoms with E-state index >= 15 is 0 Å². The Morgan fingerprint density at radius 1 is 1.20 bits per heavy atom. The van der Waals surface area contributed by atoms with Crippen molar-refractivity contribution < 1.29 is 4.79 Å². The highest BCUT2D eigenvalue weighted by Crippen LogP contribution is 2.26. The van der Waals surface area contributed by atoms with Gasteiger partial charge in [-0.2, -0.15) is 0 Å². The van der Waals surface area contributed by atoms with E-state index < -0.39 is 0 Å². The quantitative estimate of drug-likeness (QED) is 0.802. The van der Waals surface area contributed by atoms with Crippen molar-refractivity contribution in [2.24, 2.45) is 5.92 Å². The summed E-state index contributed by atoms with van der Waals surface area (Å²) in [5.74, 6) is 0.907. The summed E-state index contributed by atoms with van der Waals surface area (Å²) in [6.07, 6.45) is 7.44. The number of hydrogen-bond acceptors (Lipinski definition) is 2. The van der Waals surface area contributed by atoms with Crippen molar-refractivity contribution in [3.8, 4) is 0 Å². The summed E-state index contributed by atoms with van der Waals surface area (Å²) < 4.78 is 0. The maximum atomic E-state index is 12.3. The molecule has 3 heteroatoms. The molecule has 2 N–H and O–H groups in total. The zero-order chi connectivity index (χ0) is 14.2. The standard InChI is InChI=1S/C17H26N2O/c1-18-12-11-15-8-4-5-9-16(15)17(20)19-13-10-14-6-2-3-7-14/h4-5,8-9,14,18H,2-3,6-7,10-13H2,1H3,(H,19,20). The van der Waals surface area contributed by atoms with Crippen molar-refractivity contribution in [3.63, 3.8) is 0 Å². The molecule has 0 aliphatic heterocycles. The van der Waals surface area contributed by atoms with E-state index in [4.69, 9.17) is 0 Å². The number of hydrogen-bond donors (Lipinski definition) is 2. The normalized spacial score (nSPS) is 15.4. The average Bonchev–Trinajstić information content (AvgIpc) is 2.98. The van der Waals surface area contributed by atoms with Crippen molar-refractivity contribution in [1.82, 2.24) is 10.6 Å². The number of carbonyl (C=O) groups excluding carboxylic acids is 1. The fourth-order valence-corrected chi connectivity index (χ4v) is 3.00. The smallest absolute Gasteiger partial charge is 0.251 e. The third kappa shape index (κ3) is 4.34. The first-order valence-corrected chi connectivity index (χ1v) is 7.82. The van der Waals surface area contributed by atoms with Crippen molar-refractivity contribution in [2.45, 2.75) is 38.5 Å². The van der Waals surface area contributed by atoms with Crippen LogP contribution in [0.3, 0.4) is 0 Å². The second kappa shape index (κ2) is 8.05. The van der Waals surface area contributed by atoms with Crippen LogP contribution in [0, 0.1) is 5.92 Å². The van der Waals surface area contributed by atoms with Gasteiger partial charge in [-0.3, -0.25) is 4.79 Å². The minimum atomic E-state index is 0.0784. The number of rotatable bonds is 7. The van der Waals surface area contributed by atoms with Gasteiger partial charge < -0.3 is 10.6 Å². The zero-order valence-electron chi connectivity index (χ0n) is 12.5. The topological polar surface area (TPSA) is 41.1 Å². The molecule has 0 aromatic heterocycles. The average molecular weight is 274 g/mol. The van der Waals surface area contributed by atoms with Crippen LogP contribution in [0.25, 0.3) is 0 Å². The Kier molecular flexibility index (Phi) is 6.06. The van der Waals surface area contributed by atoms with E-state index in [1.165, 1.54) is 25.7 Å². The summed E-state index contributed by atoms with van der Waals surface area (Å²) in [6, 6.07) is 7.91. The van der Waals surface area contributed by atoms with Crippen LogP contribution in [-0.4, -0.2) is 26.0 Å². The van der Waals surface area contributed by atoms with Gasteiger partial charge in [-0.1, -0.05) is 43.9 Å². The molecule has 0 bridgehead atoms. The van der Waals surface area contributed by atoms with E-state index in [1.807, 2.05) is 31.3 Å². The van der Waals surface area contributed by atoms with Gasteiger partial charge in [0, 0.05) is 12.1 Å². The molecule has 20 heavy (non-hydrogen) atoms. The third-order valence-corrected chi connectivity index (χ3v) is 4.22. The lowest BCUT2D eigenvalue weighted by Crippen LogP contribution is -2.27. The van der Waals surface area contributed by atoms with E-state index in [9.17, 15) is 4.79 Å². The predicted octanol–water partition coefficient (Wildman–Crippen LogP) is 2.76. The molecule has 110 valence electrons. The molecule has 3 nitrogen and oxygen atoms in total. The first-order chi connectivity index (χ1) is 9.81. The zero-order valence-corrected chi connectivity index (χ0v) is 12.5. The summed E-state index contributed by atoms with van der Waals surface area (Å²) in [4.78, 5) is 12.3. The molecule has 0 radical (unpaired) electrons. The molecule has 0 heterocycles. The van der Waals surface area contributed by atoms with Crippen LogP contribution in [-0.2, 0) is 6.42 Å². The van der Waals surface area contributed by atoms with Crippen LogP contribution in [0.4, 0.5) is 0 Å². The molecule has 1 aliphatic rings. The van der Waals surface area contributed by atoms with Gasteiger partial charge in [0.05, 0.1) is 0 Å². The van der Waals surface area contributed by atoms with Gasteiger partial charge >= 0.3 is 0 Å². The molecular weight excluding hydrogens is 248 g/mol. The summed E-state index contributed by atoms with van der Waals surface area (Å²) in [5, 5.41) is 6.21. The number of likely N-dealkylation sites (N-methyl/N-ethyl adjacent to an activating group) is 1. The number of amides is 1. The third-order valence-electron chi connectivity index (χ3n) is 4.22. The minimum absolute atomic E-state index is 0.0784. The van der Waals surface area contributed by atoms with Crippen LogP contribution >= 0.6 is 0 Å². The molecule has 2 rings (SSSR count). The molecule has 0 unspecified atom stereocenters. The maximum Gasteiger partial charge on any atom is 0.251 e. The molecule has 1 aromatic rings. The molecular formula is C17H26N2O. The van der Waals surface area contributed by atoms with E-state index in [0.717, 1.165) is 43.0 Å². The molecule has 1 aromatic carbocycles. The number of nitrogens with one attached hydrogen (secondary N) is 2. The lowest BCUT2D eigenvalue weighted by atomic mass is 10.0. The Morgan fingerprint density at radius 3 is 2.70 bits per heavy atom. The first-order valence-electron chi connectivity index (χ1n) is 7.82. The largest absolute Gasteiger partial charge is 0.352 e. The van der Waals surface area contributed by atoms with Crippen LogP contribution < -0.4 is 10.6 Å². The molecule has 0 atom stereocenters. The van der Waals surface area contributed by atoms with Gasteiger partial charge in [0.2, 0.25) is 0 Å². The van der Waals surface area contributed by atoms with E-state index in [-0.39, 0.29) is 5.91 Å². The first kappa shape index (κ1) is 15.0. The van der Waals surface area contributed by atoms with Crippen molar-refractivity contribution >= 4 is 5.91 Å². The molecule has 0 saturated heterocycles. The van der Waals surface area contributed by atoms with Gasteiger partial charge in [-0.05, 0) is 44.0 Å². The Labute approximate surface area is 122 Å². The second-order valence-corrected chi connectivity index (χ2v) is 5.71. The van der Waals surface area contributed by atoms with Gasteiger partial charge in [0.1, 0.15) is 0 Å². The van der Waals surface area contributed by atoms with Gasteiger partial charge in [-0.25, -0.2) is 0 Å². The fraction of sp³-hybridized carbons (Fsp3) is 0.588. The number of carbonyl (C=O) groups is 1. The second-order valence-electron chi connectivity index (χ2n) is 5.71. The molecule has 0 spiro atoms. The molecule has 1 aliphatic carbocycles. The summed E-state index contributed by atoms with van der Waals surface area (Å²) in [7, 11) is 1.93. The Morgan fingerprint density at radius 2 is 1.95 bits per heavy atom. The van der Waals surface area contributed by atoms with Crippen LogP contribution in [0.1, 0.15) is 48.0 Å². The van der Waals surface area contributed by atoms with Crippen molar-refractivity contribution in [2.75, 3.05) is 20.1 Å². The summed E-state index contributed by atoms with van der Waals surface area (Å²) in [5.41, 5.74) is 1.95.